The highest BCUT2D eigenvalue weighted by atomic mass is 127. The number of nitrogens with one attached hydrogen (secondary N) is 2. The fourth-order valence-electron chi connectivity index (χ4n) is 2.69. The zero-order chi connectivity index (χ0) is 20.4. The molecule has 0 aliphatic heterocycles. The number of ether oxygens (including phenoxy) is 2. The Bertz CT molecular complexity index is 765. The first-order valence-corrected chi connectivity index (χ1v) is 10.6. The maximum atomic E-state index is 5.37. The molecule has 6 nitrogen and oxygen atoms in total. The van der Waals surface area contributed by atoms with Crippen molar-refractivity contribution >= 4 is 41.3 Å². The lowest BCUT2D eigenvalue weighted by Crippen LogP contribution is -2.37. The quantitative estimate of drug-likeness (QED) is 0.203. The van der Waals surface area contributed by atoms with Crippen LogP contribution in [-0.4, -0.2) is 38.3 Å². The molecule has 2 rings (SSSR count). The Hall–Kier alpha value is -1.55. The molecule has 29 heavy (non-hydrogen) atoms. The van der Waals surface area contributed by atoms with Crippen LogP contribution >= 0.6 is 35.3 Å². The molecule has 2 N–H and O–H groups in total. The summed E-state index contributed by atoms with van der Waals surface area (Å²) in [4.78, 5) is 9.30. The van der Waals surface area contributed by atoms with Gasteiger partial charge in [0.1, 0.15) is 5.01 Å². The standard InChI is InChI=1S/C21H32N4O2S.HI/c1-6-22-21(24-13-20-25-17(14-28-20)15(2)3)23-11-7-8-16-9-10-18(26-4)19(12-16)27-5;/h9-10,12,14-15H,6-8,11,13H2,1-5H3,(H2,22,23,24);1H. The van der Waals surface area contributed by atoms with Crippen LogP contribution in [0.3, 0.4) is 0 Å². The van der Waals surface area contributed by atoms with E-state index >= 15 is 0 Å². The molecule has 0 bridgehead atoms. The van der Waals surface area contributed by atoms with E-state index in [4.69, 9.17) is 9.47 Å². The number of methoxy groups -OCH3 is 2. The second-order valence-corrected chi connectivity index (χ2v) is 7.68. The van der Waals surface area contributed by atoms with Gasteiger partial charge in [0.15, 0.2) is 17.5 Å². The number of aromatic nitrogens is 1. The van der Waals surface area contributed by atoms with Crippen LogP contribution in [0.4, 0.5) is 0 Å². The van der Waals surface area contributed by atoms with Crippen molar-refractivity contribution < 1.29 is 9.47 Å². The fraction of sp³-hybridized carbons (Fsp3) is 0.524. The van der Waals surface area contributed by atoms with Gasteiger partial charge in [-0.3, -0.25) is 0 Å². The average molecular weight is 532 g/mol. The molecule has 1 aromatic heterocycles. The Morgan fingerprint density at radius 1 is 1.17 bits per heavy atom. The van der Waals surface area contributed by atoms with Crippen molar-refractivity contribution in [2.75, 3.05) is 27.3 Å². The molecule has 0 aliphatic rings. The van der Waals surface area contributed by atoms with Gasteiger partial charge in [0, 0.05) is 18.5 Å². The van der Waals surface area contributed by atoms with Crippen molar-refractivity contribution in [3.05, 3.63) is 39.8 Å². The fourth-order valence-corrected chi connectivity index (χ4v) is 3.57. The third-order valence-corrected chi connectivity index (χ3v) is 5.11. The van der Waals surface area contributed by atoms with E-state index in [0.29, 0.717) is 12.5 Å². The Labute approximate surface area is 195 Å². The normalized spacial score (nSPS) is 11.2. The smallest absolute Gasteiger partial charge is 0.191 e. The molecular weight excluding hydrogens is 499 g/mol. The van der Waals surface area contributed by atoms with E-state index in [1.54, 1.807) is 25.6 Å². The summed E-state index contributed by atoms with van der Waals surface area (Å²) >= 11 is 1.67. The van der Waals surface area contributed by atoms with Gasteiger partial charge in [0.2, 0.25) is 0 Å². The molecule has 0 atom stereocenters. The molecule has 0 amide bonds. The van der Waals surface area contributed by atoms with Crippen molar-refractivity contribution in [3.63, 3.8) is 0 Å². The lowest BCUT2D eigenvalue weighted by molar-refractivity contribution is 0.354. The lowest BCUT2D eigenvalue weighted by Gasteiger charge is -2.12. The first kappa shape index (κ1) is 25.5. The van der Waals surface area contributed by atoms with E-state index in [1.165, 1.54) is 5.56 Å². The molecule has 162 valence electrons. The van der Waals surface area contributed by atoms with E-state index in [-0.39, 0.29) is 24.0 Å². The van der Waals surface area contributed by atoms with Crippen LogP contribution in [0.1, 0.15) is 49.4 Å². The summed E-state index contributed by atoms with van der Waals surface area (Å²) in [5.74, 6) is 2.81. The van der Waals surface area contributed by atoms with Crippen LogP contribution in [-0.2, 0) is 13.0 Å². The zero-order valence-corrected chi connectivity index (χ0v) is 21.1. The average Bonchev–Trinajstić information content (AvgIpc) is 3.18. The number of guanidine groups is 1. The van der Waals surface area contributed by atoms with Gasteiger partial charge < -0.3 is 20.1 Å². The van der Waals surface area contributed by atoms with Gasteiger partial charge in [0.25, 0.3) is 0 Å². The van der Waals surface area contributed by atoms with Gasteiger partial charge in [0.05, 0.1) is 26.5 Å². The number of hydrogen-bond acceptors (Lipinski definition) is 5. The molecular formula is C21H33IN4O2S. The van der Waals surface area contributed by atoms with E-state index in [0.717, 1.165) is 54.1 Å². The maximum absolute atomic E-state index is 5.37. The monoisotopic (exact) mass is 532 g/mol. The summed E-state index contributed by atoms with van der Waals surface area (Å²) in [5, 5.41) is 9.87. The number of aliphatic imine (C=N–C) groups is 1. The van der Waals surface area contributed by atoms with Crippen LogP contribution in [0, 0.1) is 0 Å². The number of benzene rings is 1. The Kier molecular flexibility index (Phi) is 12.0. The summed E-state index contributed by atoms with van der Waals surface area (Å²) in [5.41, 5.74) is 2.37. The number of nitrogens with zero attached hydrogens (tertiary/aromatic N) is 2. The lowest BCUT2D eigenvalue weighted by atomic mass is 10.1. The van der Waals surface area contributed by atoms with Crippen LogP contribution in [0.15, 0.2) is 28.6 Å². The molecule has 8 heteroatoms. The van der Waals surface area contributed by atoms with Gasteiger partial charge in [-0.15, -0.1) is 35.3 Å². The molecule has 0 saturated heterocycles. The third-order valence-electron chi connectivity index (χ3n) is 4.26. The molecule has 0 fully saturated rings. The van der Waals surface area contributed by atoms with Gasteiger partial charge >= 0.3 is 0 Å². The van der Waals surface area contributed by atoms with Crippen LogP contribution in [0.25, 0.3) is 0 Å². The van der Waals surface area contributed by atoms with Crippen LogP contribution in [0.5, 0.6) is 11.5 Å². The van der Waals surface area contributed by atoms with Crippen molar-refractivity contribution in [1.82, 2.24) is 15.6 Å². The highest BCUT2D eigenvalue weighted by Crippen LogP contribution is 2.27. The molecule has 0 unspecified atom stereocenters. The van der Waals surface area contributed by atoms with E-state index in [1.807, 2.05) is 12.1 Å². The Morgan fingerprint density at radius 3 is 2.55 bits per heavy atom. The van der Waals surface area contributed by atoms with Crippen molar-refractivity contribution in [1.29, 1.82) is 0 Å². The predicted molar refractivity (Wildman–Crippen MR) is 132 cm³/mol. The van der Waals surface area contributed by atoms with Gasteiger partial charge in [-0.2, -0.15) is 0 Å². The molecule has 0 saturated carbocycles. The molecule has 0 aliphatic carbocycles. The molecule has 1 heterocycles. The zero-order valence-electron chi connectivity index (χ0n) is 17.9. The molecule has 2 aromatic rings. The first-order chi connectivity index (χ1) is 13.6. The second-order valence-electron chi connectivity index (χ2n) is 6.74. The molecule has 0 spiro atoms. The highest BCUT2D eigenvalue weighted by Gasteiger charge is 2.06. The summed E-state index contributed by atoms with van der Waals surface area (Å²) in [6.45, 7) is 8.66. The highest BCUT2D eigenvalue weighted by molar-refractivity contribution is 14.0. The van der Waals surface area contributed by atoms with Crippen LogP contribution < -0.4 is 20.1 Å². The van der Waals surface area contributed by atoms with Crippen molar-refractivity contribution in [2.45, 2.75) is 46.1 Å². The molecule has 1 aromatic carbocycles. The summed E-state index contributed by atoms with van der Waals surface area (Å²) in [6, 6.07) is 6.06. The summed E-state index contributed by atoms with van der Waals surface area (Å²) in [6.07, 6.45) is 1.95. The number of thiazole rings is 1. The minimum absolute atomic E-state index is 0. The SMILES string of the molecule is CCNC(=NCc1nc(C(C)C)cs1)NCCCc1ccc(OC)c(OC)c1.I. The number of hydrogen-bond donors (Lipinski definition) is 2. The first-order valence-electron chi connectivity index (χ1n) is 9.74. The summed E-state index contributed by atoms with van der Waals surface area (Å²) in [7, 11) is 3.31. The van der Waals surface area contributed by atoms with Crippen molar-refractivity contribution in [2.24, 2.45) is 4.99 Å². The predicted octanol–water partition coefficient (Wildman–Crippen LogP) is 4.59. The van der Waals surface area contributed by atoms with Gasteiger partial charge in [-0.1, -0.05) is 19.9 Å². The van der Waals surface area contributed by atoms with Crippen LogP contribution in [0.2, 0.25) is 0 Å². The minimum Gasteiger partial charge on any atom is -0.493 e. The maximum Gasteiger partial charge on any atom is 0.191 e. The van der Waals surface area contributed by atoms with Gasteiger partial charge in [-0.25, -0.2) is 9.98 Å². The minimum atomic E-state index is 0. The van der Waals surface area contributed by atoms with Gasteiger partial charge in [-0.05, 0) is 43.4 Å². The van der Waals surface area contributed by atoms with E-state index in [9.17, 15) is 0 Å². The summed E-state index contributed by atoms with van der Waals surface area (Å²) < 4.78 is 10.7. The Balaban J connectivity index is 0.00000420. The number of halogens is 1. The molecule has 0 radical (unpaired) electrons. The van der Waals surface area contributed by atoms with E-state index < -0.39 is 0 Å². The number of aryl methyl sites for hydroxylation is 1. The Morgan fingerprint density at radius 2 is 1.93 bits per heavy atom. The topological polar surface area (TPSA) is 67.8 Å². The second kappa shape index (κ2) is 13.6. The third kappa shape index (κ3) is 8.38. The largest absolute Gasteiger partial charge is 0.493 e. The van der Waals surface area contributed by atoms with Crippen molar-refractivity contribution in [3.8, 4) is 11.5 Å². The van der Waals surface area contributed by atoms with E-state index in [2.05, 4.69) is 52.8 Å². The number of rotatable bonds is 10.